The molecular formula is C17H21BrN4O. The van der Waals surface area contributed by atoms with Crippen molar-refractivity contribution in [1.82, 2.24) is 20.0 Å². The first-order chi connectivity index (χ1) is 11.2. The second-order valence-corrected chi connectivity index (χ2v) is 6.89. The molecule has 2 heterocycles. The van der Waals surface area contributed by atoms with Crippen molar-refractivity contribution in [2.24, 2.45) is 5.92 Å². The number of rotatable bonds is 4. The van der Waals surface area contributed by atoms with Gasteiger partial charge in [0.15, 0.2) is 0 Å². The summed E-state index contributed by atoms with van der Waals surface area (Å²) in [5.41, 5.74) is 1.58. The molecule has 0 bridgehead atoms. The first-order valence-electron chi connectivity index (χ1n) is 7.92. The predicted molar refractivity (Wildman–Crippen MR) is 93.8 cm³/mol. The number of benzene rings is 1. The Bertz CT molecular complexity index is 683. The fraction of sp³-hybridized carbons (Fsp3) is 0.412. The van der Waals surface area contributed by atoms with E-state index in [0.29, 0.717) is 11.5 Å². The molecule has 1 aromatic heterocycles. The van der Waals surface area contributed by atoms with Gasteiger partial charge in [-0.3, -0.25) is 4.79 Å². The van der Waals surface area contributed by atoms with Crippen LogP contribution in [0.15, 0.2) is 41.1 Å². The van der Waals surface area contributed by atoms with Crippen LogP contribution < -0.4 is 5.32 Å². The van der Waals surface area contributed by atoms with Gasteiger partial charge in [0.1, 0.15) is 0 Å². The van der Waals surface area contributed by atoms with Crippen molar-refractivity contribution in [1.29, 1.82) is 0 Å². The summed E-state index contributed by atoms with van der Waals surface area (Å²) in [6.07, 6.45) is 5.72. The van der Waals surface area contributed by atoms with E-state index < -0.39 is 0 Å². The highest BCUT2D eigenvalue weighted by atomic mass is 79.9. The molecule has 0 saturated carbocycles. The van der Waals surface area contributed by atoms with Gasteiger partial charge in [-0.1, -0.05) is 22.0 Å². The van der Waals surface area contributed by atoms with Crippen molar-refractivity contribution in [3.05, 3.63) is 46.7 Å². The first kappa shape index (κ1) is 16.2. The number of carbonyl (C=O) groups excluding carboxylic acids is 1. The first-order valence-corrected chi connectivity index (χ1v) is 8.71. The molecule has 2 aromatic rings. The highest BCUT2D eigenvalue weighted by molar-refractivity contribution is 9.10. The maximum Gasteiger partial charge on any atom is 0.257 e. The minimum atomic E-state index is 0.0760. The number of likely N-dealkylation sites (tertiary alicyclic amines) is 1. The van der Waals surface area contributed by atoms with Crippen molar-refractivity contribution in [2.45, 2.75) is 12.8 Å². The van der Waals surface area contributed by atoms with Crippen LogP contribution in [0.4, 0.5) is 0 Å². The third kappa shape index (κ3) is 3.82. The third-order valence-corrected chi connectivity index (χ3v) is 4.69. The number of hydrogen-bond donors (Lipinski definition) is 1. The summed E-state index contributed by atoms with van der Waals surface area (Å²) in [5.74, 6) is 0.616. The standard InChI is InChI=1S/C17H21BrN4O/c1-19-9-13-4-3-7-21(11-13)17(23)14-10-20-22(12-14)16-6-2-5-15(18)8-16/h2,5-6,8,10,12-13,19H,3-4,7,9,11H2,1H3/t13-/m0/s1. The summed E-state index contributed by atoms with van der Waals surface area (Å²) in [5, 5.41) is 7.54. The second-order valence-electron chi connectivity index (χ2n) is 5.97. The lowest BCUT2D eigenvalue weighted by molar-refractivity contribution is 0.0674. The zero-order chi connectivity index (χ0) is 16.2. The number of amides is 1. The Hall–Kier alpha value is -1.66. The topological polar surface area (TPSA) is 50.2 Å². The van der Waals surface area contributed by atoms with Crippen LogP contribution in [0.2, 0.25) is 0 Å². The van der Waals surface area contributed by atoms with Crippen molar-refractivity contribution in [3.8, 4) is 5.69 Å². The van der Waals surface area contributed by atoms with Gasteiger partial charge in [0.05, 0.1) is 17.4 Å². The number of piperidine rings is 1. The smallest absolute Gasteiger partial charge is 0.257 e. The molecule has 6 heteroatoms. The summed E-state index contributed by atoms with van der Waals surface area (Å²) in [6, 6.07) is 7.87. The maximum absolute atomic E-state index is 12.7. The SMILES string of the molecule is CNC[C@@H]1CCCN(C(=O)c2cnn(-c3cccc(Br)c3)c2)C1. The van der Waals surface area contributed by atoms with Gasteiger partial charge in [0.2, 0.25) is 0 Å². The molecular weight excluding hydrogens is 356 g/mol. The quantitative estimate of drug-likeness (QED) is 0.892. The van der Waals surface area contributed by atoms with Gasteiger partial charge in [-0.15, -0.1) is 0 Å². The summed E-state index contributed by atoms with van der Waals surface area (Å²) in [7, 11) is 1.96. The second kappa shape index (κ2) is 7.27. The van der Waals surface area contributed by atoms with Crippen LogP contribution in [0.25, 0.3) is 5.69 Å². The fourth-order valence-electron chi connectivity index (χ4n) is 3.08. The van der Waals surface area contributed by atoms with E-state index in [1.165, 1.54) is 6.42 Å². The normalized spacial score (nSPS) is 18.2. The average molecular weight is 377 g/mol. The average Bonchev–Trinajstić information content (AvgIpc) is 3.05. The largest absolute Gasteiger partial charge is 0.338 e. The van der Waals surface area contributed by atoms with Crippen LogP contribution in [-0.2, 0) is 0 Å². The van der Waals surface area contributed by atoms with Crippen LogP contribution in [0, 0.1) is 5.92 Å². The summed E-state index contributed by atoms with van der Waals surface area (Å²) in [6.45, 7) is 2.62. The molecule has 5 nitrogen and oxygen atoms in total. The van der Waals surface area contributed by atoms with Crippen LogP contribution in [-0.4, -0.2) is 47.3 Å². The number of carbonyl (C=O) groups is 1. The van der Waals surface area contributed by atoms with Gasteiger partial charge in [0, 0.05) is 23.8 Å². The van der Waals surface area contributed by atoms with Gasteiger partial charge in [-0.2, -0.15) is 5.10 Å². The lowest BCUT2D eigenvalue weighted by Gasteiger charge is -2.32. The molecule has 122 valence electrons. The van der Waals surface area contributed by atoms with Crippen LogP contribution in [0.3, 0.4) is 0 Å². The zero-order valence-corrected chi connectivity index (χ0v) is 14.8. The minimum absolute atomic E-state index is 0.0760. The van der Waals surface area contributed by atoms with E-state index in [1.807, 2.05) is 42.4 Å². The Morgan fingerprint density at radius 2 is 2.35 bits per heavy atom. The van der Waals surface area contributed by atoms with E-state index in [4.69, 9.17) is 0 Å². The number of halogens is 1. The molecule has 3 rings (SSSR count). The van der Waals surface area contributed by atoms with Crippen molar-refractivity contribution in [2.75, 3.05) is 26.7 Å². The van der Waals surface area contributed by atoms with Crippen LogP contribution in [0.5, 0.6) is 0 Å². The van der Waals surface area contributed by atoms with E-state index in [-0.39, 0.29) is 5.91 Å². The molecule has 1 amide bonds. The summed E-state index contributed by atoms with van der Waals surface area (Å²) >= 11 is 3.46. The van der Waals surface area contributed by atoms with Crippen LogP contribution in [0.1, 0.15) is 23.2 Å². The van der Waals surface area contributed by atoms with Crippen LogP contribution >= 0.6 is 15.9 Å². The third-order valence-electron chi connectivity index (χ3n) is 4.20. The molecule has 1 aliphatic heterocycles. The summed E-state index contributed by atoms with van der Waals surface area (Å²) < 4.78 is 2.73. The van der Waals surface area contributed by atoms with Gasteiger partial charge in [-0.25, -0.2) is 4.68 Å². The van der Waals surface area contributed by atoms with E-state index in [1.54, 1.807) is 10.9 Å². The summed E-state index contributed by atoms with van der Waals surface area (Å²) in [4.78, 5) is 14.7. The lowest BCUT2D eigenvalue weighted by Crippen LogP contribution is -2.42. The lowest BCUT2D eigenvalue weighted by atomic mass is 9.97. The fourth-order valence-corrected chi connectivity index (χ4v) is 3.47. The molecule has 1 atom stereocenters. The molecule has 0 radical (unpaired) electrons. The zero-order valence-electron chi connectivity index (χ0n) is 13.2. The number of nitrogens with one attached hydrogen (secondary N) is 1. The Kier molecular flexibility index (Phi) is 5.13. The van der Waals surface area contributed by atoms with E-state index in [0.717, 1.165) is 36.2 Å². The highest BCUT2D eigenvalue weighted by Crippen LogP contribution is 2.19. The van der Waals surface area contributed by atoms with Crippen molar-refractivity contribution < 1.29 is 4.79 Å². The highest BCUT2D eigenvalue weighted by Gasteiger charge is 2.24. The maximum atomic E-state index is 12.7. The monoisotopic (exact) mass is 376 g/mol. The van der Waals surface area contributed by atoms with E-state index >= 15 is 0 Å². The molecule has 0 aliphatic carbocycles. The predicted octanol–water partition coefficient (Wildman–Crippen LogP) is 2.71. The molecule has 1 fully saturated rings. The van der Waals surface area contributed by atoms with Gasteiger partial charge in [0.25, 0.3) is 5.91 Å². The van der Waals surface area contributed by atoms with Gasteiger partial charge in [-0.05, 0) is 50.6 Å². The molecule has 1 N–H and O–H groups in total. The molecule has 23 heavy (non-hydrogen) atoms. The Morgan fingerprint density at radius 3 is 3.13 bits per heavy atom. The van der Waals surface area contributed by atoms with E-state index in [2.05, 4.69) is 26.3 Å². The van der Waals surface area contributed by atoms with Crippen molar-refractivity contribution in [3.63, 3.8) is 0 Å². The Balaban J connectivity index is 1.73. The minimum Gasteiger partial charge on any atom is -0.338 e. The Labute approximate surface area is 144 Å². The van der Waals surface area contributed by atoms with Crippen molar-refractivity contribution >= 4 is 21.8 Å². The number of aromatic nitrogens is 2. The molecule has 0 spiro atoms. The Morgan fingerprint density at radius 1 is 1.48 bits per heavy atom. The van der Waals surface area contributed by atoms with Gasteiger partial charge < -0.3 is 10.2 Å². The molecule has 0 unspecified atom stereocenters. The molecule has 1 aromatic carbocycles. The number of hydrogen-bond acceptors (Lipinski definition) is 3. The van der Waals surface area contributed by atoms with Gasteiger partial charge >= 0.3 is 0 Å². The van der Waals surface area contributed by atoms with E-state index in [9.17, 15) is 4.79 Å². The number of nitrogens with zero attached hydrogens (tertiary/aromatic N) is 3. The molecule has 1 aliphatic rings. The molecule has 1 saturated heterocycles.